The van der Waals surface area contributed by atoms with E-state index in [0.717, 1.165) is 24.8 Å². The molecule has 1 aliphatic rings. The lowest BCUT2D eigenvalue weighted by molar-refractivity contribution is -0.122. The van der Waals surface area contributed by atoms with Gasteiger partial charge in [0.15, 0.2) is 6.10 Å². The molecule has 0 fully saturated rings. The summed E-state index contributed by atoms with van der Waals surface area (Å²) in [5, 5.41) is 6.47. The number of anilines is 1. The maximum Gasteiger partial charge on any atom is 0.265 e. The third-order valence-corrected chi connectivity index (χ3v) is 5.30. The molecule has 3 rings (SSSR count). The number of nitrogens with two attached hydrogens (primary N) is 1. The van der Waals surface area contributed by atoms with Crippen molar-refractivity contribution in [3.8, 4) is 5.75 Å². The molecule has 4 N–H and O–H groups in total. The largest absolute Gasteiger partial charge is 0.479 e. The molecular formula is C22H26ClN3O3. The van der Waals surface area contributed by atoms with Crippen molar-refractivity contribution in [1.82, 2.24) is 5.32 Å². The number of rotatable bonds is 7. The number of unbranched alkanes of at least 4 members (excludes halogenated alkanes) is 1. The fraction of sp³-hybridized carbons (Fsp3) is 0.364. The summed E-state index contributed by atoms with van der Waals surface area (Å²) >= 11 is 5.91. The third-order valence-electron chi connectivity index (χ3n) is 5.04. The van der Waals surface area contributed by atoms with Gasteiger partial charge in [-0.25, -0.2) is 0 Å². The van der Waals surface area contributed by atoms with Crippen molar-refractivity contribution < 1.29 is 14.3 Å². The molecule has 1 heterocycles. The van der Waals surface area contributed by atoms with Crippen LogP contribution in [0.3, 0.4) is 0 Å². The second-order valence-corrected chi connectivity index (χ2v) is 7.70. The summed E-state index contributed by atoms with van der Waals surface area (Å²) in [6, 6.07) is 11.6. The first-order valence-electron chi connectivity index (χ1n) is 9.82. The maximum absolute atomic E-state index is 12.7. The van der Waals surface area contributed by atoms with Gasteiger partial charge < -0.3 is 21.1 Å². The van der Waals surface area contributed by atoms with Crippen LogP contribution in [0, 0.1) is 0 Å². The van der Waals surface area contributed by atoms with Crippen LogP contribution in [0.4, 0.5) is 5.69 Å². The summed E-state index contributed by atoms with van der Waals surface area (Å²) in [5.74, 6) is 0.229. The van der Waals surface area contributed by atoms with Gasteiger partial charge in [-0.15, -0.1) is 0 Å². The van der Waals surface area contributed by atoms with E-state index in [1.54, 1.807) is 37.3 Å². The van der Waals surface area contributed by atoms with Crippen molar-refractivity contribution in [3.63, 3.8) is 0 Å². The van der Waals surface area contributed by atoms with Gasteiger partial charge in [-0.05, 0) is 55.3 Å². The molecular weight excluding hydrogens is 390 g/mol. The fourth-order valence-corrected chi connectivity index (χ4v) is 3.41. The highest BCUT2D eigenvalue weighted by atomic mass is 35.5. The normalized spacial score (nSPS) is 17.5. The Balaban J connectivity index is 1.79. The van der Waals surface area contributed by atoms with Crippen molar-refractivity contribution in [2.24, 2.45) is 5.73 Å². The van der Waals surface area contributed by atoms with Crippen molar-refractivity contribution in [2.45, 2.75) is 51.3 Å². The van der Waals surface area contributed by atoms with Gasteiger partial charge in [0.1, 0.15) is 5.75 Å². The Morgan fingerprint density at radius 2 is 2.00 bits per heavy atom. The van der Waals surface area contributed by atoms with E-state index in [0.29, 0.717) is 22.0 Å². The molecule has 29 heavy (non-hydrogen) atoms. The molecule has 0 saturated heterocycles. The molecule has 3 atom stereocenters. The number of ether oxygens (including phenoxy) is 1. The molecule has 2 aromatic carbocycles. The molecule has 7 heteroatoms. The van der Waals surface area contributed by atoms with Gasteiger partial charge in [0.2, 0.25) is 0 Å². The first kappa shape index (κ1) is 21.1. The smallest absolute Gasteiger partial charge is 0.265 e. The summed E-state index contributed by atoms with van der Waals surface area (Å²) in [5.41, 5.74) is 8.48. The first-order valence-corrected chi connectivity index (χ1v) is 10.2. The number of amides is 2. The van der Waals surface area contributed by atoms with Crippen LogP contribution in [-0.2, 0) is 4.79 Å². The van der Waals surface area contributed by atoms with E-state index >= 15 is 0 Å². The van der Waals surface area contributed by atoms with Gasteiger partial charge in [-0.3, -0.25) is 9.59 Å². The molecule has 0 aliphatic carbocycles. The van der Waals surface area contributed by atoms with Crippen molar-refractivity contribution in [2.75, 3.05) is 5.32 Å². The monoisotopic (exact) mass is 415 g/mol. The van der Waals surface area contributed by atoms with E-state index in [1.165, 1.54) is 0 Å². The van der Waals surface area contributed by atoms with Gasteiger partial charge in [-0.1, -0.05) is 37.4 Å². The zero-order chi connectivity index (χ0) is 21.0. The fourth-order valence-electron chi connectivity index (χ4n) is 3.28. The Kier molecular flexibility index (Phi) is 6.77. The minimum absolute atomic E-state index is 0.193. The topological polar surface area (TPSA) is 93.5 Å². The van der Waals surface area contributed by atoms with Crippen LogP contribution in [0.2, 0.25) is 5.02 Å². The van der Waals surface area contributed by atoms with Gasteiger partial charge in [0.05, 0.1) is 11.7 Å². The number of carbonyl (C=O) groups excluding carboxylic acids is 2. The summed E-state index contributed by atoms with van der Waals surface area (Å²) in [4.78, 5) is 24.6. The van der Waals surface area contributed by atoms with E-state index in [4.69, 9.17) is 22.1 Å². The number of fused-ring (bicyclic) bond motifs is 1. The molecule has 0 saturated carbocycles. The number of halogens is 1. The SMILES string of the molecule is CCCCC(NC(=O)c1ccc(Cl)cc1)C(N)c1ccc2c(c1)NC(=O)C(C)O2. The average Bonchev–Trinajstić information content (AvgIpc) is 2.71. The standard InChI is InChI=1S/C22H26ClN3O3/c1-3-4-5-17(25-22(28)14-6-9-16(23)10-7-14)20(24)15-8-11-19-18(12-15)26-21(27)13(2)29-19/h6-13,17,20H,3-5,24H2,1-2H3,(H,25,28)(H,26,27). The number of benzene rings is 2. The molecule has 0 radical (unpaired) electrons. The number of hydrogen-bond acceptors (Lipinski definition) is 4. The second kappa shape index (κ2) is 9.29. The molecule has 2 amide bonds. The lowest BCUT2D eigenvalue weighted by atomic mass is 9.94. The Bertz CT molecular complexity index is 885. The van der Waals surface area contributed by atoms with Crippen LogP contribution in [0.25, 0.3) is 0 Å². The quantitative estimate of drug-likeness (QED) is 0.636. The van der Waals surface area contributed by atoms with Crippen LogP contribution in [0.1, 0.15) is 55.1 Å². The number of hydrogen-bond donors (Lipinski definition) is 3. The predicted octanol–water partition coefficient (Wildman–Crippen LogP) is 4.05. The van der Waals surface area contributed by atoms with Gasteiger partial charge in [0, 0.05) is 16.6 Å². The molecule has 0 aromatic heterocycles. The van der Waals surface area contributed by atoms with Crippen LogP contribution >= 0.6 is 11.6 Å². The highest BCUT2D eigenvalue weighted by Gasteiger charge is 2.26. The Morgan fingerprint density at radius 3 is 2.69 bits per heavy atom. The Labute approximate surface area is 175 Å². The summed E-state index contributed by atoms with van der Waals surface area (Å²) in [6.07, 6.45) is 2.14. The second-order valence-electron chi connectivity index (χ2n) is 7.26. The summed E-state index contributed by atoms with van der Waals surface area (Å²) in [7, 11) is 0. The lowest BCUT2D eigenvalue weighted by Gasteiger charge is -2.28. The van der Waals surface area contributed by atoms with Crippen molar-refractivity contribution in [1.29, 1.82) is 0 Å². The molecule has 3 unspecified atom stereocenters. The zero-order valence-electron chi connectivity index (χ0n) is 16.6. The Morgan fingerprint density at radius 1 is 1.28 bits per heavy atom. The number of nitrogens with one attached hydrogen (secondary N) is 2. The van der Waals surface area contributed by atoms with Crippen LogP contribution < -0.4 is 21.1 Å². The molecule has 6 nitrogen and oxygen atoms in total. The van der Waals surface area contributed by atoms with Gasteiger partial charge in [0.25, 0.3) is 11.8 Å². The third kappa shape index (κ3) is 5.08. The van der Waals surface area contributed by atoms with Crippen LogP contribution in [-0.4, -0.2) is 24.0 Å². The van der Waals surface area contributed by atoms with Crippen molar-refractivity contribution in [3.05, 3.63) is 58.6 Å². The van der Waals surface area contributed by atoms with E-state index < -0.39 is 12.1 Å². The van der Waals surface area contributed by atoms with Crippen LogP contribution in [0.5, 0.6) is 5.75 Å². The Hall–Kier alpha value is -2.57. The summed E-state index contributed by atoms with van der Waals surface area (Å²) in [6.45, 7) is 3.79. The van der Waals surface area contributed by atoms with Gasteiger partial charge in [-0.2, -0.15) is 0 Å². The molecule has 154 valence electrons. The zero-order valence-corrected chi connectivity index (χ0v) is 17.3. The molecule has 0 spiro atoms. The minimum atomic E-state index is -0.530. The van der Waals surface area contributed by atoms with Gasteiger partial charge >= 0.3 is 0 Å². The minimum Gasteiger partial charge on any atom is -0.479 e. The van der Waals surface area contributed by atoms with E-state index in [1.807, 2.05) is 12.1 Å². The highest BCUT2D eigenvalue weighted by molar-refractivity contribution is 6.30. The highest BCUT2D eigenvalue weighted by Crippen LogP contribution is 2.33. The van der Waals surface area contributed by atoms with Crippen molar-refractivity contribution >= 4 is 29.1 Å². The van der Waals surface area contributed by atoms with Crippen LogP contribution in [0.15, 0.2) is 42.5 Å². The van der Waals surface area contributed by atoms with E-state index in [2.05, 4.69) is 17.6 Å². The maximum atomic E-state index is 12.7. The predicted molar refractivity (Wildman–Crippen MR) is 114 cm³/mol. The van der Waals surface area contributed by atoms with E-state index in [-0.39, 0.29) is 17.9 Å². The lowest BCUT2D eigenvalue weighted by Crippen LogP contribution is -2.42. The average molecular weight is 416 g/mol. The first-order chi connectivity index (χ1) is 13.9. The molecule has 0 bridgehead atoms. The summed E-state index contributed by atoms with van der Waals surface area (Å²) < 4.78 is 5.60. The molecule has 2 aromatic rings. The number of carbonyl (C=O) groups is 2. The van der Waals surface area contributed by atoms with E-state index in [9.17, 15) is 9.59 Å². The molecule has 1 aliphatic heterocycles.